The van der Waals surface area contributed by atoms with Gasteiger partial charge >= 0.3 is 0 Å². The summed E-state index contributed by atoms with van der Waals surface area (Å²) in [5.74, 6) is 3.56. The number of aryl methyl sites for hydroxylation is 1. The quantitative estimate of drug-likeness (QED) is 0.798. The molecule has 0 aromatic carbocycles. The van der Waals surface area contributed by atoms with E-state index >= 15 is 0 Å². The minimum absolute atomic E-state index is 0.364. The van der Waals surface area contributed by atoms with Crippen molar-refractivity contribution in [3.63, 3.8) is 0 Å². The van der Waals surface area contributed by atoms with Gasteiger partial charge in [-0.3, -0.25) is 0 Å². The predicted octanol–water partition coefficient (Wildman–Crippen LogP) is 1.83. The number of nitrogens with one attached hydrogen (secondary N) is 2. The van der Waals surface area contributed by atoms with Crippen molar-refractivity contribution in [3.8, 4) is 0 Å². The summed E-state index contributed by atoms with van der Waals surface area (Å²) in [6, 6.07) is 1.82. The van der Waals surface area contributed by atoms with E-state index in [1.807, 2.05) is 20.0 Å². The second-order valence-electron chi connectivity index (χ2n) is 4.17. The first kappa shape index (κ1) is 14.3. The largest absolute Gasteiger partial charge is 0.444 e. The molecule has 2 heterocycles. The molecule has 2 aromatic rings. The van der Waals surface area contributed by atoms with Gasteiger partial charge in [-0.05, 0) is 0 Å². The van der Waals surface area contributed by atoms with E-state index in [2.05, 4.69) is 25.6 Å². The van der Waals surface area contributed by atoms with Gasteiger partial charge in [0.25, 0.3) is 0 Å². The molecule has 0 aliphatic carbocycles. The van der Waals surface area contributed by atoms with Crippen molar-refractivity contribution in [2.24, 2.45) is 0 Å². The molecule has 2 rings (SSSR count). The lowest BCUT2D eigenvalue weighted by Gasteiger charge is -2.08. The molecule has 0 aliphatic heterocycles. The maximum absolute atomic E-state index is 5.53. The van der Waals surface area contributed by atoms with Crippen LogP contribution in [0.25, 0.3) is 0 Å². The molecule has 0 fully saturated rings. The Morgan fingerprint density at radius 2 is 2.10 bits per heavy atom. The molecule has 7 heteroatoms. The number of ether oxygens (including phenoxy) is 1. The van der Waals surface area contributed by atoms with Crippen molar-refractivity contribution in [1.82, 2.24) is 15.0 Å². The van der Waals surface area contributed by atoms with Gasteiger partial charge in [0, 0.05) is 26.6 Å². The number of anilines is 2. The van der Waals surface area contributed by atoms with Crippen molar-refractivity contribution in [1.29, 1.82) is 0 Å². The number of nitrogens with zero attached hydrogens (tertiary/aromatic N) is 3. The number of methoxy groups -OCH3 is 1. The van der Waals surface area contributed by atoms with Gasteiger partial charge in [0.15, 0.2) is 5.82 Å². The zero-order valence-corrected chi connectivity index (χ0v) is 11.9. The summed E-state index contributed by atoms with van der Waals surface area (Å²) in [6.07, 6.45) is 2.58. The lowest BCUT2D eigenvalue weighted by molar-refractivity contribution is 0.178. The fourth-order valence-corrected chi connectivity index (χ4v) is 1.67. The van der Waals surface area contributed by atoms with Gasteiger partial charge in [-0.25, -0.2) is 15.0 Å². The summed E-state index contributed by atoms with van der Waals surface area (Å²) >= 11 is 0. The number of rotatable bonds is 7. The Hall–Kier alpha value is -2.15. The van der Waals surface area contributed by atoms with Gasteiger partial charge in [-0.15, -0.1) is 0 Å². The van der Waals surface area contributed by atoms with Gasteiger partial charge in [-0.2, -0.15) is 0 Å². The third-order valence-corrected chi connectivity index (χ3v) is 2.67. The van der Waals surface area contributed by atoms with Crippen molar-refractivity contribution in [3.05, 3.63) is 29.7 Å². The third kappa shape index (κ3) is 3.67. The number of aromatic nitrogens is 3. The van der Waals surface area contributed by atoms with E-state index < -0.39 is 0 Å². The topological polar surface area (TPSA) is 85.1 Å². The molecule has 7 nitrogen and oxygen atoms in total. The first-order valence-corrected chi connectivity index (χ1v) is 6.47. The lowest BCUT2D eigenvalue weighted by Crippen LogP contribution is -2.07. The van der Waals surface area contributed by atoms with Crippen molar-refractivity contribution in [2.75, 3.05) is 24.8 Å². The average Bonchev–Trinajstić information content (AvgIpc) is 2.93. The summed E-state index contributed by atoms with van der Waals surface area (Å²) in [6.45, 7) is 2.87. The highest BCUT2D eigenvalue weighted by Crippen LogP contribution is 2.13. The van der Waals surface area contributed by atoms with Gasteiger partial charge in [0.1, 0.15) is 24.0 Å². The Balaban J connectivity index is 2.05. The molecular weight excluding hydrogens is 258 g/mol. The molecule has 0 spiro atoms. The van der Waals surface area contributed by atoms with E-state index in [-0.39, 0.29) is 0 Å². The third-order valence-electron chi connectivity index (χ3n) is 2.67. The standard InChI is InChI=1S/C13H19N5O2/c1-4-9-6-16-13(20-9)7-15-11-5-10(14-2)17-12(18-11)8-19-3/h5-6H,4,7-8H2,1-3H3,(H2,14,15,17,18). The molecule has 0 bridgehead atoms. The summed E-state index contributed by atoms with van der Waals surface area (Å²) in [4.78, 5) is 12.8. The average molecular weight is 277 g/mol. The Bertz CT molecular complexity index is 555. The number of oxazole rings is 1. The van der Waals surface area contributed by atoms with Crippen molar-refractivity contribution >= 4 is 11.6 Å². The number of hydrogen-bond acceptors (Lipinski definition) is 7. The highest BCUT2D eigenvalue weighted by molar-refractivity contribution is 5.47. The first-order valence-electron chi connectivity index (χ1n) is 6.47. The van der Waals surface area contributed by atoms with Crippen molar-refractivity contribution < 1.29 is 9.15 Å². The summed E-state index contributed by atoms with van der Waals surface area (Å²) in [7, 11) is 3.42. The number of hydrogen-bond donors (Lipinski definition) is 2. The van der Waals surface area contributed by atoms with Crippen LogP contribution in [-0.2, 0) is 24.3 Å². The Morgan fingerprint density at radius 1 is 1.30 bits per heavy atom. The zero-order valence-electron chi connectivity index (χ0n) is 11.9. The van der Waals surface area contributed by atoms with E-state index in [9.17, 15) is 0 Å². The second-order valence-corrected chi connectivity index (χ2v) is 4.17. The Morgan fingerprint density at radius 3 is 2.75 bits per heavy atom. The summed E-state index contributed by atoms with van der Waals surface area (Å²) in [5, 5.41) is 6.16. The maximum Gasteiger partial charge on any atom is 0.213 e. The maximum atomic E-state index is 5.53. The SMILES string of the molecule is CCc1cnc(CNc2cc(NC)nc(COC)n2)o1. The van der Waals surface area contributed by atoms with Crippen LogP contribution in [0.15, 0.2) is 16.7 Å². The molecule has 0 unspecified atom stereocenters. The van der Waals surface area contributed by atoms with Crippen LogP contribution in [0, 0.1) is 0 Å². The van der Waals surface area contributed by atoms with Gasteiger partial charge < -0.3 is 19.8 Å². The molecule has 2 N–H and O–H groups in total. The summed E-state index contributed by atoms with van der Waals surface area (Å²) < 4.78 is 10.6. The fraction of sp³-hybridized carbons (Fsp3) is 0.462. The Labute approximate surface area is 117 Å². The highest BCUT2D eigenvalue weighted by Gasteiger charge is 2.06. The molecule has 0 saturated heterocycles. The first-order chi connectivity index (χ1) is 9.75. The molecule has 0 aliphatic rings. The van der Waals surface area contributed by atoms with Gasteiger partial charge in [0.05, 0.1) is 12.7 Å². The van der Waals surface area contributed by atoms with Crippen LogP contribution in [0.4, 0.5) is 11.6 Å². The second kappa shape index (κ2) is 6.85. The van der Waals surface area contributed by atoms with Gasteiger partial charge in [-0.1, -0.05) is 6.92 Å². The monoisotopic (exact) mass is 277 g/mol. The predicted molar refractivity (Wildman–Crippen MR) is 75.5 cm³/mol. The lowest BCUT2D eigenvalue weighted by atomic mass is 10.4. The van der Waals surface area contributed by atoms with Crippen molar-refractivity contribution in [2.45, 2.75) is 26.5 Å². The molecule has 0 radical (unpaired) electrons. The van der Waals surface area contributed by atoms with Gasteiger partial charge in [0.2, 0.25) is 5.89 Å². The summed E-state index contributed by atoms with van der Waals surface area (Å²) in [5.41, 5.74) is 0. The van der Waals surface area contributed by atoms with E-state index in [1.165, 1.54) is 0 Å². The van der Waals surface area contributed by atoms with Crippen LogP contribution in [0.2, 0.25) is 0 Å². The van der Waals surface area contributed by atoms with Crippen LogP contribution in [0.3, 0.4) is 0 Å². The minimum atomic E-state index is 0.364. The molecule has 108 valence electrons. The Kier molecular flexibility index (Phi) is 4.89. The van der Waals surface area contributed by atoms with Crippen LogP contribution in [0.1, 0.15) is 24.4 Å². The van der Waals surface area contributed by atoms with Crippen LogP contribution in [0.5, 0.6) is 0 Å². The fourth-order valence-electron chi connectivity index (χ4n) is 1.67. The van der Waals surface area contributed by atoms with E-state index in [0.717, 1.165) is 18.0 Å². The molecule has 0 saturated carbocycles. The molecule has 0 atom stereocenters. The van der Waals surface area contributed by atoms with Crippen LogP contribution < -0.4 is 10.6 Å². The zero-order chi connectivity index (χ0) is 14.4. The van der Waals surface area contributed by atoms with E-state index in [0.29, 0.717) is 30.7 Å². The van der Waals surface area contributed by atoms with Crippen LogP contribution in [-0.4, -0.2) is 29.1 Å². The van der Waals surface area contributed by atoms with E-state index in [1.54, 1.807) is 13.3 Å². The molecular formula is C13H19N5O2. The highest BCUT2D eigenvalue weighted by atomic mass is 16.5. The molecule has 20 heavy (non-hydrogen) atoms. The minimum Gasteiger partial charge on any atom is -0.444 e. The van der Waals surface area contributed by atoms with Crippen LogP contribution >= 0.6 is 0 Å². The normalized spacial score (nSPS) is 10.6. The molecule has 0 amide bonds. The van der Waals surface area contributed by atoms with E-state index in [4.69, 9.17) is 9.15 Å². The molecule has 2 aromatic heterocycles. The smallest absolute Gasteiger partial charge is 0.213 e.